The molecular weight excluding hydrogens is 316 g/mol. The van der Waals surface area contributed by atoms with E-state index in [1.807, 2.05) is 13.8 Å². The highest BCUT2D eigenvalue weighted by Crippen LogP contribution is 2.57. The maximum atomic E-state index is 12.8. The number of rotatable bonds is 0. The van der Waals surface area contributed by atoms with E-state index in [0.29, 0.717) is 0 Å². The summed E-state index contributed by atoms with van der Waals surface area (Å²) in [7, 11) is 0. The summed E-state index contributed by atoms with van der Waals surface area (Å²) >= 11 is 0. The Kier molecular flexibility index (Phi) is 2.71. The Morgan fingerprint density at radius 1 is 0.538 bits per heavy atom. The Morgan fingerprint density at radius 2 is 1.00 bits per heavy atom. The third-order valence-corrected chi connectivity index (χ3v) is 7.37. The van der Waals surface area contributed by atoms with Crippen molar-refractivity contribution in [1.82, 2.24) is 0 Å². The molecule has 0 heterocycles. The highest BCUT2D eigenvalue weighted by atomic mass is 16.3. The van der Waals surface area contributed by atoms with Crippen molar-refractivity contribution in [3.8, 4) is 16.9 Å². The summed E-state index contributed by atoms with van der Waals surface area (Å²) in [4.78, 5) is 0. The van der Waals surface area contributed by atoms with Crippen LogP contribution in [0.3, 0.4) is 0 Å². The van der Waals surface area contributed by atoms with Crippen molar-refractivity contribution in [2.75, 3.05) is 0 Å². The quantitative estimate of drug-likeness (QED) is 0.300. The van der Waals surface area contributed by atoms with Gasteiger partial charge in [-0.05, 0) is 62.1 Å². The fraction of sp³-hybridized carbons (Fsp3) is 0.320. The number of fused-ring (bicyclic) bond motifs is 3. The first-order valence-electron chi connectivity index (χ1n) is 9.45. The molecule has 5 rings (SSSR count). The van der Waals surface area contributed by atoms with Gasteiger partial charge in [-0.1, -0.05) is 48.4 Å². The van der Waals surface area contributed by atoms with Gasteiger partial charge in [0.25, 0.3) is 0 Å². The lowest BCUT2D eigenvalue weighted by Gasteiger charge is -2.20. The molecule has 3 aromatic rings. The van der Waals surface area contributed by atoms with Crippen LogP contribution in [-0.2, 0) is 0 Å². The largest absolute Gasteiger partial charge is 0.872 e. The Labute approximate surface area is 154 Å². The van der Waals surface area contributed by atoms with Crippen LogP contribution in [0.1, 0.15) is 44.5 Å². The minimum absolute atomic E-state index is 0.219. The Bertz CT molecular complexity index is 1250. The molecule has 2 aliphatic carbocycles. The fourth-order valence-electron chi connectivity index (χ4n) is 5.70. The van der Waals surface area contributed by atoms with Crippen LogP contribution in [0, 0.1) is 55.4 Å². The summed E-state index contributed by atoms with van der Waals surface area (Å²) < 4.78 is 0. The second-order valence-corrected chi connectivity index (χ2v) is 8.33. The highest BCUT2D eigenvalue weighted by Gasteiger charge is 2.27. The first-order valence-corrected chi connectivity index (χ1v) is 9.45. The van der Waals surface area contributed by atoms with Crippen molar-refractivity contribution < 1.29 is 5.11 Å². The molecule has 26 heavy (non-hydrogen) atoms. The molecule has 0 saturated carbocycles. The third kappa shape index (κ3) is 1.37. The van der Waals surface area contributed by atoms with Crippen LogP contribution in [0.15, 0.2) is 0 Å². The molecule has 0 aromatic heterocycles. The summed E-state index contributed by atoms with van der Waals surface area (Å²) in [6.07, 6.45) is 0. The maximum Gasteiger partial charge on any atom is -0.00794 e. The lowest BCUT2D eigenvalue weighted by atomic mass is 9.90. The molecule has 0 unspecified atom stereocenters. The van der Waals surface area contributed by atoms with E-state index < -0.39 is 0 Å². The molecular formula is C25H24O-2. The van der Waals surface area contributed by atoms with Crippen molar-refractivity contribution in [3.63, 3.8) is 0 Å². The molecule has 2 aliphatic rings. The molecule has 0 saturated heterocycles. The smallest absolute Gasteiger partial charge is 0.00794 e. The molecule has 0 radical (unpaired) electrons. The zero-order valence-corrected chi connectivity index (χ0v) is 16.9. The van der Waals surface area contributed by atoms with Crippen molar-refractivity contribution in [1.29, 1.82) is 0 Å². The number of hydrogen-bond donors (Lipinski definition) is 0. The van der Waals surface area contributed by atoms with Gasteiger partial charge in [0.2, 0.25) is 0 Å². The molecule has 0 atom stereocenters. The molecule has 0 amide bonds. The van der Waals surface area contributed by atoms with E-state index in [-0.39, 0.29) is 5.75 Å². The fourth-order valence-corrected chi connectivity index (χ4v) is 5.70. The van der Waals surface area contributed by atoms with Gasteiger partial charge in [0.05, 0.1) is 0 Å². The summed E-state index contributed by atoms with van der Waals surface area (Å²) in [5.74, 6) is 0.219. The standard InChI is InChI=1S/C25H25O/c1-9-10(2)18-12(4)14(6)20-22-16(8)25(26)15(7)21(22)19-13(5)11(3)17(9)23(18)24(19)20/h26H,1-8H3/q-1/p-1. The summed E-state index contributed by atoms with van der Waals surface area (Å²) in [5.41, 5.74) is 12.5. The average molecular weight is 340 g/mol. The molecule has 132 valence electrons. The maximum absolute atomic E-state index is 12.8. The second kappa shape index (κ2) is 4.46. The van der Waals surface area contributed by atoms with Gasteiger partial charge in [-0.15, -0.1) is 38.6 Å². The monoisotopic (exact) mass is 340 g/mol. The van der Waals surface area contributed by atoms with Crippen LogP contribution in [0.5, 0.6) is 5.75 Å². The highest BCUT2D eigenvalue weighted by molar-refractivity contribution is 6.36. The van der Waals surface area contributed by atoms with Crippen LogP contribution in [0.2, 0.25) is 0 Å². The van der Waals surface area contributed by atoms with E-state index in [0.717, 1.165) is 11.1 Å². The summed E-state index contributed by atoms with van der Waals surface area (Å²) in [6, 6.07) is 0. The lowest BCUT2D eigenvalue weighted by molar-refractivity contribution is -0.269. The molecule has 1 heteroatoms. The van der Waals surface area contributed by atoms with Crippen molar-refractivity contribution in [2.24, 2.45) is 0 Å². The van der Waals surface area contributed by atoms with Crippen molar-refractivity contribution in [2.45, 2.75) is 55.4 Å². The Balaban J connectivity index is 2.33. The van der Waals surface area contributed by atoms with Gasteiger partial charge in [-0.2, -0.15) is 0 Å². The van der Waals surface area contributed by atoms with Gasteiger partial charge in [0.15, 0.2) is 0 Å². The van der Waals surface area contributed by atoms with Gasteiger partial charge < -0.3 is 5.11 Å². The average Bonchev–Trinajstić information content (AvgIpc) is 3.16. The van der Waals surface area contributed by atoms with Gasteiger partial charge in [-0.3, -0.25) is 0 Å². The summed E-state index contributed by atoms with van der Waals surface area (Å²) in [6.45, 7) is 17.5. The normalized spacial score (nSPS) is 12.8. The molecule has 0 bridgehead atoms. The number of benzene rings is 2. The van der Waals surface area contributed by atoms with E-state index >= 15 is 0 Å². The van der Waals surface area contributed by atoms with E-state index in [4.69, 9.17) is 0 Å². The molecule has 0 aliphatic heterocycles. The minimum Gasteiger partial charge on any atom is -0.872 e. The zero-order chi connectivity index (χ0) is 18.8. The first-order chi connectivity index (χ1) is 12.2. The molecule has 0 spiro atoms. The van der Waals surface area contributed by atoms with Crippen molar-refractivity contribution in [3.05, 3.63) is 44.5 Å². The van der Waals surface area contributed by atoms with Gasteiger partial charge >= 0.3 is 0 Å². The minimum atomic E-state index is 0.219. The van der Waals surface area contributed by atoms with Crippen LogP contribution in [0.4, 0.5) is 0 Å². The molecule has 0 fully saturated rings. The topological polar surface area (TPSA) is 23.1 Å². The van der Waals surface area contributed by atoms with Crippen LogP contribution in [0.25, 0.3) is 43.4 Å². The number of aryl methyl sites for hydroxylation is 6. The Hall–Kier alpha value is -2.41. The number of hydrogen-bond acceptors (Lipinski definition) is 1. The van der Waals surface area contributed by atoms with Gasteiger partial charge in [-0.25, -0.2) is 0 Å². The van der Waals surface area contributed by atoms with Crippen LogP contribution in [-0.4, -0.2) is 0 Å². The van der Waals surface area contributed by atoms with Crippen molar-refractivity contribution >= 4 is 32.3 Å². The Morgan fingerprint density at radius 3 is 1.54 bits per heavy atom. The molecule has 3 aromatic carbocycles. The second-order valence-electron chi connectivity index (χ2n) is 8.33. The van der Waals surface area contributed by atoms with E-state index in [9.17, 15) is 5.11 Å². The third-order valence-electron chi connectivity index (χ3n) is 7.37. The summed E-state index contributed by atoms with van der Waals surface area (Å²) in [5, 5.41) is 21.1. The molecule has 0 N–H and O–H groups in total. The van der Waals surface area contributed by atoms with Gasteiger partial charge in [0.1, 0.15) is 0 Å². The van der Waals surface area contributed by atoms with E-state index in [1.165, 1.54) is 76.8 Å². The van der Waals surface area contributed by atoms with E-state index in [1.54, 1.807) is 0 Å². The van der Waals surface area contributed by atoms with Gasteiger partial charge in [0, 0.05) is 0 Å². The SMILES string of the molecule is Cc1c([O-])c(C)c2c3c(C)c(C)c4c5c(c(C)c(C)c(c1-2)c35)c(C)[c-]4C. The predicted octanol–water partition coefficient (Wildman–Crippen LogP) is 6.39. The first kappa shape index (κ1) is 15.8. The lowest BCUT2D eigenvalue weighted by Crippen LogP contribution is -1.93. The van der Waals surface area contributed by atoms with Crippen LogP contribution >= 0.6 is 0 Å². The van der Waals surface area contributed by atoms with Crippen LogP contribution < -0.4 is 5.11 Å². The predicted molar refractivity (Wildman–Crippen MR) is 111 cm³/mol. The van der Waals surface area contributed by atoms with E-state index in [2.05, 4.69) is 41.5 Å². The molecule has 1 nitrogen and oxygen atoms in total. The zero-order valence-electron chi connectivity index (χ0n) is 16.9.